The van der Waals surface area contributed by atoms with Crippen LogP contribution in [0.3, 0.4) is 0 Å². The van der Waals surface area contributed by atoms with Crippen LogP contribution >= 0.6 is 11.6 Å². The molecule has 2 N–H and O–H groups in total. The molecular formula is C21H20ClN3O3. The van der Waals surface area contributed by atoms with Crippen LogP contribution in [0, 0.1) is 0 Å². The summed E-state index contributed by atoms with van der Waals surface area (Å²) >= 11 is 6.16. The first kappa shape index (κ1) is 19.6. The number of halogens is 1. The van der Waals surface area contributed by atoms with Crippen LogP contribution in [0.15, 0.2) is 59.1 Å². The van der Waals surface area contributed by atoms with Gasteiger partial charge in [0, 0.05) is 36.2 Å². The van der Waals surface area contributed by atoms with Crippen LogP contribution < -0.4 is 10.6 Å². The van der Waals surface area contributed by atoms with Crippen LogP contribution in [0.4, 0.5) is 11.4 Å². The van der Waals surface area contributed by atoms with E-state index >= 15 is 0 Å². The highest BCUT2D eigenvalue weighted by Gasteiger charge is 2.11. The number of nitrogens with one attached hydrogen (secondary N) is 2. The third-order valence-corrected chi connectivity index (χ3v) is 4.34. The Morgan fingerprint density at radius 1 is 1.04 bits per heavy atom. The molecule has 1 heterocycles. The summed E-state index contributed by atoms with van der Waals surface area (Å²) < 4.78 is 5.70. The average Bonchev–Trinajstić information content (AvgIpc) is 3.16. The second kappa shape index (κ2) is 9.19. The smallest absolute Gasteiger partial charge is 0.224 e. The quantitative estimate of drug-likeness (QED) is 0.593. The Morgan fingerprint density at radius 3 is 2.46 bits per heavy atom. The number of carbonyl (C=O) groups excluding carboxylic acids is 2. The molecule has 7 heteroatoms. The minimum Gasteiger partial charge on any atom is -0.441 e. The topological polar surface area (TPSA) is 84.2 Å². The van der Waals surface area contributed by atoms with Gasteiger partial charge in [-0.3, -0.25) is 9.59 Å². The van der Waals surface area contributed by atoms with E-state index in [0.717, 1.165) is 5.56 Å². The van der Waals surface area contributed by atoms with Crippen molar-refractivity contribution in [3.63, 3.8) is 0 Å². The molecule has 0 bridgehead atoms. The number of nitrogens with zero attached hydrogens (tertiary/aromatic N) is 1. The molecule has 144 valence electrons. The van der Waals surface area contributed by atoms with Gasteiger partial charge in [0.05, 0.1) is 11.2 Å². The highest BCUT2D eigenvalue weighted by Crippen LogP contribution is 2.28. The number of oxazole rings is 1. The van der Waals surface area contributed by atoms with E-state index in [4.69, 9.17) is 16.0 Å². The molecular weight excluding hydrogens is 378 g/mol. The van der Waals surface area contributed by atoms with Gasteiger partial charge in [0.15, 0.2) is 11.7 Å². The van der Waals surface area contributed by atoms with E-state index in [-0.39, 0.29) is 18.2 Å². The van der Waals surface area contributed by atoms with Crippen molar-refractivity contribution in [2.24, 2.45) is 0 Å². The van der Waals surface area contributed by atoms with Crippen molar-refractivity contribution in [1.29, 1.82) is 0 Å². The number of hydrogen-bond donors (Lipinski definition) is 2. The Labute approximate surface area is 167 Å². The Kier molecular flexibility index (Phi) is 6.45. The molecule has 0 aliphatic rings. The van der Waals surface area contributed by atoms with E-state index in [2.05, 4.69) is 15.6 Å². The standard InChI is InChI=1S/C21H20ClN3O3/c1-2-19(26)24-14-6-5-7-15(12-14)25-20(27)10-11-21-23-13-18(28-21)16-8-3-4-9-17(16)22/h3-9,12-13H,2,10-11H2,1H3,(H,24,26)(H,25,27). The van der Waals surface area contributed by atoms with Crippen LogP contribution in [0.5, 0.6) is 0 Å². The minimum atomic E-state index is -0.170. The van der Waals surface area contributed by atoms with Crippen molar-refractivity contribution in [3.05, 3.63) is 65.6 Å². The zero-order chi connectivity index (χ0) is 19.9. The van der Waals surface area contributed by atoms with E-state index in [1.807, 2.05) is 18.2 Å². The van der Waals surface area contributed by atoms with Crippen molar-refractivity contribution in [3.8, 4) is 11.3 Å². The summed E-state index contributed by atoms with van der Waals surface area (Å²) in [6.45, 7) is 1.78. The third-order valence-electron chi connectivity index (χ3n) is 4.01. The maximum absolute atomic E-state index is 12.2. The zero-order valence-electron chi connectivity index (χ0n) is 15.4. The molecule has 28 heavy (non-hydrogen) atoms. The molecule has 0 unspecified atom stereocenters. The number of aromatic nitrogens is 1. The van der Waals surface area contributed by atoms with Crippen LogP contribution in [0.25, 0.3) is 11.3 Å². The molecule has 0 radical (unpaired) electrons. The molecule has 0 spiro atoms. The van der Waals surface area contributed by atoms with Gasteiger partial charge in [-0.2, -0.15) is 0 Å². The number of aryl methyl sites for hydroxylation is 1. The summed E-state index contributed by atoms with van der Waals surface area (Å²) in [5.74, 6) is 0.785. The highest BCUT2D eigenvalue weighted by molar-refractivity contribution is 6.33. The Bertz CT molecular complexity index is 984. The summed E-state index contributed by atoms with van der Waals surface area (Å²) in [7, 11) is 0. The number of anilines is 2. The van der Waals surface area contributed by atoms with Crippen molar-refractivity contribution < 1.29 is 14.0 Å². The second-order valence-electron chi connectivity index (χ2n) is 6.13. The molecule has 0 aliphatic heterocycles. The summed E-state index contributed by atoms with van der Waals surface area (Å²) in [5, 5.41) is 6.15. The molecule has 2 amide bonds. The zero-order valence-corrected chi connectivity index (χ0v) is 16.1. The molecule has 0 saturated heterocycles. The molecule has 0 fully saturated rings. The van der Waals surface area contributed by atoms with Gasteiger partial charge >= 0.3 is 0 Å². The van der Waals surface area contributed by atoms with Gasteiger partial charge in [-0.05, 0) is 30.3 Å². The molecule has 1 aromatic heterocycles. The van der Waals surface area contributed by atoms with E-state index in [1.165, 1.54) is 0 Å². The lowest BCUT2D eigenvalue weighted by atomic mass is 10.2. The fraction of sp³-hybridized carbons (Fsp3) is 0.190. The first-order valence-corrected chi connectivity index (χ1v) is 9.32. The maximum Gasteiger partial charge on any atom is 0.224 e. The molecule has 3 aromatic rings. The fourth-order valence-corrected chi connectivity index (χ4v) is 2.81. The van der Waals surface area contributed by atoms with E-state index < -0.39 is 0 Å². The third kappa shape index (κ3) is 5.20. The molecule has 3 rings (SSSR count). The predicted molar refractivity (Wildman–Crippen MR) is 109 cm³/mol. The largest absolute Gasteiger partial charge is 0.441 e. The molecule has 0 atom stereocenters. The van der Waals surface area contributed by atoms with Gasteiger partial charge in [-0.15, -0.1) is 0 Å². The van der Waals surface area contributed by atoms with Gasteiger partial charge in [0.2, 0.25) is 11.8 Å². The van der Waals surface area contributed by atoms with Crippen molar-refractivity contribution in [1.82, 2.24) is 4.98 Å². The lowest BCUT2D eigenvalue weighted by Crippen LogP contribution is -2.13. The summed E-state index contributed by atoms with van der Waals surface area (Å²) in [5.41, 5.74) is 2.02. The van der Waals surface area contributed by atoms with Crippen molar-refractivity contribution in [2.45, 2.75) is 26.2 Å². The van der Waals surface area contributed by atoms with Gasteiger partial charge in [0.1, 0.15) is 0 Å². The van der Waals surface area contributed by atoms with Crippen LogP contribution in [0.2, 0.25) is 5.02 Å². The number of hydrogen-bond acceptors (Lipinski definition) is 4. The van der Waals surface area contributed by atoms with Gasteiger partial charge in [-0.1, -0.05) is 36.7 Å². The molecule has 2 aromatic carbocycles. The lowest BCUT2D eigenvalue weighted by Gasteiger charge is -2.08. The summed E-state index contributed by atoms with van der Waals surface area (Å²) in [6.07, 6.45) is 2.58. The van der Waals surface area contributed by atoms with Crippen LogP contribution in [-0.4, -0.2) is 16.8 Å². The Hall–Kier alpha value is -3.12. The second-order valence-corrected chi connectivity index (χ2v) is 6.54. The predicted octanol–water partition coefficient (Wildman–Crippen LogP) is 4.91. The van der Waals surface area contributed by atoms with Crippen molar-refractivity contribution >= 4 is 34.8 Å². The first-order valence-electron chi connectivity index (χ1n) is 8.94. The normalized spacial score (nSPS) is 10.5. The SMILES string of the molecule is CCC(=O)Nc1cccc(NC(=O)CCc2ncc(-c3ccccc3Cl)o2)c1. The molecule has 6 nitrogen and oxygen atoms in total. The maximum atomic E-state index is 12.2. The molecule has 0 aliphatic carbocycles. The monoisotopic (exact) mass is 397 g/mol. The highest BCUT2D eigenvalue weighted by atomic mass is 35.5. The van der Waals surface area contributed by atoms with Gasteiger partial charge < -0.3 is 15.1 Å². The van der Waals surface area contributed by atoms with E-state index in [9.17, 15) is 9.59 Å². The Balaban J connectivity index is 1.56. The van der Waals surface area contributed by atoms with E-state index in [1.54, 1.807) is 43.5 Å². The van der Waals surface area contributed by atoms with Gasteiger partial charge in [-0.25, -0.2) is 4.98 Å². The summed E-state index contributed by atoms with van der Waals surface area (Å²) in [6, 6.07) is 14.4. The minimum absolute atomic E-state index is 0.0818. The number of carbonyl (C=O) groups is 2. The van der Waals surface area contributed by atoms with Crippen LogP contribution in [-0.2, 0) is 16.0 Å². The first-order chi connectivity index (χ1) is 13.5. The fourth-order valence-electron chi connectivity index (χ4n) is 2.58. The summed E-state index contributed by atoms with van der Waals surface area (Å²) in [4.78, 5) is 27.9. The van der Waals surface area contributed by atoms with E-state index in [0.29, 0.717) is 40.9 Å². The Morgan fingerprint density at radius 2 is 1.75 bits per heavy atom. The number of amides is 2. The van der Waals surface area contributed by atoms with Gasteiger partial charge in [0.25, 0.3) is 0 Å². The molecule has 0 saturated carbocycles. The lowest BCUT2D eigenvalue weighted by molar-refractivity contribution is -0.116. The average molecular weight is 398 g/mol. The number of rotatable bonds is 7. The van der Waals surface area contributed by atoms with Crippen LogP contribution in [0.1, 0.15) is 25.7 Å². The van der Waals surface area contributed by atoms with Crippen molar-refractivity contribution in [2.75, 3.05) is 10.6 Å². The number of benzene rings is 2.